The second-order valence-electron chi connectivity index (χ2n) is 3.46. The third kappa shape index (κ3) is 5.06. The van der Waals surface area contributed by atoms with Crippen LogP contribution in [0.15, 0.2) is 29.2 Å². The first kappa shape index (κ1) is 15.7. The summed E-state index contributed by atoms with van der Waals surface area (Å²) < 4.78 is 30.5. The van der Waals surface area contributed by atoms with Crippen LogP contribution in [-0.2, 0) is 14.8 Å². The molecule has 1 aromatic rings. The number of benzene rings is 1. The second-order valence-corrected chi connectivity index (χ2v) is 5.60. The van der Waals surface area contributed by atoms with Gasteiger partial charge in [0.2, 0.25) is 10.0 Å². The molecule has 2 N–H and O–H groups in total. The zero-order valence-electron chi connectivity index (χ0n) is 10.3. The average molecular weight is 307 g/mol. The van der Waals surface area contributed by atoms with Gasteiger partial charge in [0.05, 0.1) is 11.5 Å². The van der Waals surface area contributed by atoms with Crippen molar-refractivity contribution in [3.8, 4) is 0 Å². The minimum atomic E-state index is -3.56. The lowest BCUT2D eigenvalue weighted by molar-refractivity contribution is 0.168. The number of nitrogens with one attached hydrogen (secondary N) is 2. The molecule has 0 atom stereocenters. The Morgan fingerprint density at radius 1 is 1.32 bits per heavy atom. The zero-order chi connectivity index (χ0) is 14.3. The zero-order valence-corrected chi connectivity index (χ0v) is 11.9. The summed E-state index contributed by atoms with van der Waals surface area (Å²) in [7, 11) is -3.56. The van der Waals surface area contributed by atoms with Crippen molar-refractivity contribution in [2.24, 2.45) is 0 Å². The summed E-state index contributed by atoms with van der Waals surface area (Å²) in [5, 5.41) is 2.47. The molecule has 0 fully saturated rings. The molecule has 1 aromatic carbocycles. The van der Waals surface area contributed by atoms with Crippen LogP contribution in [0.3, 0.4) is 0 Å². The Kier molecular flexibility index (Phi) is 6.07. The molecular formula is C11H15ClN2O4S. The van der Waals surface area contributed by atoms with Gasteiger partial charge >= 0.3 is 6.09 Å². The Morgan fingerprint density at radius 2 is 1.95 bits per heavy atom. The van der Waals surface area contributed by atoms with Crippen molar-refractivity contribution < 1.29 is 17.9 Å². The van der Waals surface area contributed by atoms with Gasteiger partial charge in [-0.15, -0.1) is 11.6 Å². The molecule has 1 rings (SSSR count). The van der Waals surface area contributed by atoms with E-state index in [1.807, 2.05) is 0 Å². The van der Waals surface area contributed by atoms with Crippen molar-refractivity contribution in [2.45, 2.75) is 11.8 Å². The number of hydrogen-bond donors (Lipinski definition) is 2. The van der Waals surface area contributed by atoms with Crippen LogP contribution in [-0.4, -0.2) is 33.5 Å². The van der Waals surface area contributed by atoms with Crippen LogP contribution in [0.25, 0.3) is 0 Å². The summed E-state index contributed by atoms with van der Waals surface area (Å²) in [6.45, 7) is 2.12. The van der Waals surface area contributed by atoms with Gasteiger partial charge in [-0.3, -0.25) is 5.32 Å². The molecular weight excluding hydrogens is 292 g/mol. The van der Waals surface area contributed by atoms with E-state index in [0.717, 1.165) is 0 Å². The highest BCUT2D eigenvalue weighted by molar-refractivity contribution is 7.89. The van der Waals surface area contributed by atoms with E-state index in [0.29, 0.717) is 5.69 Å². The van der Waals surface area contributed by atoms with E-state index in [-0.39, 0.29) is 23.9 Å². The molecule has 0 saturated carbocycles. The van der Waals surface area contributed by atoms with Crippen molar-refractivity contribution in [2.75, 3.05) is 24.3 Å². The number of halogens is 1. The normalized spacial score (nSPS) is 11.1. The molecule has 0 radical (unpaired) electrons. The van der Waals surface area contributed by atoms with Crippen LogP contribution in [0, 0.1) is 0 Å². The van der Waals surface area contributed by atoms with Crippen molar-refractivity contribution in [1.82, 2.24) is 4.72 Å². The van der Waals surface area contributed by atoms with Crippen LogP contribution in [0.4, 0.5) is 10.5 Å². The Labute approximate surface area is 117 Å². The summed E-state index contributed by atoms with van der Waals surface area (Å²) in [6, 6.07) is 5.73. The molecule has 8 heteroatoms. The molecule has 0 bridgehead atoms. The van der Waals surface area contributed by atoms with Gasteiger partial charge in [0.15, 0.2) is 0 Å². The van der Waals surface area contributed by atoms with Gasteiger partial charge < -0.3 is 4.74 Å². The Morgan fingerprint density at radius 3 is 2.47 bits per heavy atom. The molecule has 0 heterocycles. The number of anilines is 1. The molecule has 0 aliphatic carbocycles. The number of alkyl halides is 1. The van der Waals surface area contributed by atoms with Crippen molar-refractivity contribution in [3.63, 3.8) is 0 Å². The standard InChI is InChI=1S/C11H15ClN2O4S/c1-2-18-11(15)14-9-3-5-10(6-4-9)19(16,17)13-8-7-12/h3-6,13H,2,7-8H2,1H3,(H,14,15). The quantitative estimate of drug-likeness (QED) is 0.785. The van der Waals surface area contributed by atoms with Crippen LogP contribution >= 0.6 is 11.6 Å². The van der Waals surface area contributed by atoms with E-state index in [1.54, 1.807) is 6.92 Å². The average Bonchev–Trinajstić information content (AvgIpc) is 2.37. The van der Waals surface area contributed by atoms with Crippen LogP contribution in [0.1, 0.15) is 6.92 Å². The topological polar surface area (TPSA) is 84.5 Å². The Hall–Kier alpha value is -1.31. The Bertz CT molecular complexity index is 516. The smallest absolute Gasteiger partial charge is 0.411 e. The molecule has 1 amide bonds. The van der Waals surface area contributed by atoms with E-state index in [9.17, 15) is 13.2 Å². The van der Waals surface area contributed by atoms with E-state index in [4.69, 9.17) is 16.3 Å². The summed E-state index contributed by atoms with van der Waals surface area (Å²) in [5.41, 5.74) is 0.453. The van der Waals surface area contributed by atoms with Crippen LogP contribution < -0.4 is 10.0 Å². The monoisotopic (exact) mass is 306 g/mol. The van der Waals surface area contributed by atoms with Crippen molar-refractivity contribution in [1.29, 1.82) is 0 Å². The number of rotatable bonds is 6. The van der Waals surface area contributed by atoms with Crippen LogP contribution in [0.5, 0.6) is 0 Å². The van der Waals surface area contributed by atoms with Gasteiger partial charge in [-0.05, 0) is 31.2 Å². The van der Waals surface area contributed by atoms with E-state index in [1.165, 1.54) is 24.3 Å². The second kappa shape index (κ2) is 7.32. The van der Waals surface area contributed by atoms with Gasteiger partial charge in [0.25, 0.3) is 0 Å². The molecule has 0 unspecified atom stereocenters. The predicted octanol–water partition coefficient (Wildman–Crippen LogP) is 1.77. The fraction of sp³-hybridized carbons (Fsp3) is 0.364. The van der Waals surface area contributed by atoms with Gasteiger partial charge in [-0.2, -0.15) is 0 Å². The van der Waals surface area contributed by atoms with E-state index >= 15 is 0 Å². The van der Waals surface area contributed by atoms with Crippen molar-refractivity contribution >= 4 is 33.4 Å². The van der Waals surface area contributed by atoms with Gasteiger partial charge in [0.1, 0.15) is 0 Å². The summed E-state index contributed by atoms with van der Waals surface area (Å²) in [6.07, 6.45) is -0.585. The van der Waals surface area contributed by atoms with Crippen LogP contribution in [0.2, 0.25) is 0 Å². The molecule has 0 spiro atoms. The maximum absolute atomic E-state index is 11.7. The predicted molar refractivity (Wildman–Crippen MR) is 73.0 cm³/mol. The first-order valence-corrected chi connectivity index (χ1v) is 7.61. The molecule has 106 valence electrons. The SMILES string of the molecule is CCOC(=O)Nc1ccc(S(=O)(=O)NCCCl)cc1. The van der Waals surface area contributed by atoms with Crippen molar-refractivity contribution in [3.05, 3.63) is 24.3 Å². The molecule has 0 aliphatic rings. The summed E-state index contributed by atoms with van der Waals surface area (Å²) in [5.74, 6) is 0.196. The number of ether oxygens (including phenoxy) is 1. The third-order valence-electron chi connectivity index (χ3n) is 2.07. The highest BCUT2D eigenvalue weighted by atomic mass is 35.5. The largest absolute Gasteiger partial charge is 0.450 e. The van der Waals surface area contributed by atoms with Gasteiger partial charge in [-0.1, -0.05) is 0 Å². The number of carbonyl (C=O) groups is 1. The lowest BCUT2D eigenvalue weighted by Crippen LogP contribution is -2.25. The lowest BCUT2D eigenvalue weighted by Gasteiger charge is -2.07. The molecule has 0 aliphatic heterocycles. The number of sulfonamides is 1. The first-order chi connectivity index (χ1) is 8.99. The molecule has 19 heavy (non-hydrogen) atoms. The number of amides is 1. The highest BCUT2D eigenvalue weighted by Gasteiger charge is 2.13. The minimum Gasteiger partial charge on any atom is -0.450 e. The fourth-order valence-electron chi connectivity index (χ4n) is 1.26. The maximum Gasteiger partial charge on any atom is 0.411 e. The van der Waals surface area contributed by atoms with Gasteiger partial charge in [-0.25, -0.2) is 17.9 Å². The Balaban J connectivity index is 2.73. The van der Waals surface area contributed by atoms with E-state index < -0.39 is 16.1 Å². The minimum absolute atomic E-state index is 0.104. The van der Waals surface area contributed by atoms with Gasteiger partial charge in [0, 0.05) is 18.1 Å². The summed E-state index contributed by atoms with van der Waals surface area (Å²) in [4.78, 5) is 11.3. The maximum atomic E-state index is 11.7. The third-order valence-corrected chi connectivity index (χ3v) is 3.74. The lowest BCUT2D eigenvalue weighted by atomic mass is 10.3. The first-order valence-electron chi connectivity index (χ1n) is 5.59. The fourth-order valence-corrected chi connectivity index (χ4v) is 2.50. The number of carbonyl (C=O) groups excluding carboxylic acids is 1. The molecule has 0 aromatic heterocycles. The molecule has 6 nitrogen and oxygen atoms in total. The highest BCUT2D eigenvalue weighted by Crippen LogP contribution is 2.14. The molecule has 0 saturated heterocycles. The van der Waals surface area contributed by atoms with E-state index in [2.05, 4.69) is 10.0 Å². The summed E-state index contributed by atoms with van der Waals surface area (Å²) >= 11 is 5.42. The number of hydrogen-bond acceptors (Lipinski definition) is 4.